The first-order valence-corrected chi connectivity index (χ1v) is 7.28. The van der Waals surface area contributed by atoms with Crippen LogP contribution in [0.3, 0.4) is 0 Å². The molecular weight excluding hydrogens is 343 g/mol. The molecule has 118 valence electrons. The lowest BCUT2D eigenvalue weighted by atomic mass is 10.1. The van der Waals surface area contributed by atoms with Crippen molar-refractivity contribution in [2.75, 3.05) is 0 Å². The topological polar surface area (TPSA) is 91.0 Å². The van der Waals surface area contributed by atoms with Crippen molar-refractivity contribution < 1.29 is 4.98 Å². The van der Waals surface area contributed by atoms with E-state index in [1.165, 1.54) is 18.7 Å². The average molecular weight is 354 g/mol. The number of fused-ring (bicyclic) bond motifs is 1. The summed E-state index contributed by atoms with van der Waals surface area (Å²) in [5.41, 5.74) is -1.14. The number of nitrogens with one attached hydrogen (secondary N) is 2. The summed E-state index contributed by atoms with van der Waals surface area (Å²) in [6.07, 6.45) is 0. The summed E-state index contributed by atoms with van der Waals surface area (Å²) in [5.74, 6) is 0. The van der Waals surface area contributed by atoms with E-state index in [2.05, 4.69) is 9.97 Å². The standard InChI is InChI=1S/C14H10Cl2N4O3/c1-19-11-9(12(21)20(2)14(19)23)10(17-13(22)18-11)8-6(15)4-3-5-7(8)16/h3-5H,1-2H3,(H,17,18,22)/p+1. The third-order valence-corrected chi connectivity index (χ3v) is 4.23. The van der Waals surface area contributed by atoms with Gasteiger partial charge < -0.3 is 0 Å². The van der Waals surface area contributed by atoms with Crippen LogP contribution in [0.5, 0.6) is 0 Å². The molecule has 0 saturated heterocycles. The van der Waals surface area contributed by atoms with E-state index in [1.54, 1.807) is 18.2 Å². The van der Waals surface area contributed by atoms with Gasteiger partial charge in [0.25, 0.3) is 5.56 Å². The zero-order chi connectivity index (χ0) is 16.9. The highest BCUT2D eigenvalue weighted by Gasteiger charge is 2.23. The number of H-pyrrole nitrogens is 2. The summed E-state index contributed by atoms with van der Waals surface area (Å²) in [4.78, 5) is 41.5. The monoisotopic (exact) mass is 353 g/mol. The minimum absolute atomic E-state index is 0.0906. The molecule has 0 atom stereocenters. The third-order valence-electron chi connectivity index (χ3n) is 3.60. The van der Waals surface area contributed by atoms with Gasteiger partial charge in [-0.1, -0.05) is 29.3 Å². The van der Waals surface area contributed by atoms with Gasteiger partial charge in [0, 0.05) is 7.05 Å². The second-order valence-electron chi connectivity index (χ2n) is 4.98. The van der Waals surface area contributed by atoms with E-state index < -0.39 is 16.9 Å². The molecule has 7 nitrogen and oxygen atoms in total. The van der Waals surface area contributed by atoms with E-state index in [0.29, 0.717) is 5.56 Å². The lowest BCUT2D eigenvalue weighted by molar-refractivity contribution is -0.374. The number of benzene rings is 1. The highest BCUT2D eigenvalue weighted by Crippen LogP contribution is 2.34. The molecule has 0 bridgehead atoms. The number of aryl methyl sites for hydroxylation is 1. The summed E-state index contributed by atoms with van der Waals surface area (Å²) in [6, 6.07) is 4.84. The molecule has 0 aliphatic carbocycles. The highest BCUT2D eigenvalue weighted by atomic mass is 35.5. The molecule has 3 rings (SSSR count). The molecule has 0 fully saturated rings. The third kappa shape index (κ3) is 2.29. The Morgan fingerprint density at radius 2 is 1.65 bits per heavy atom. The number of aromatic amines is 2. The van der Waals surface area contributed by atoms with Crippen LogP contribution in [0.15, 0.2) is 32.6 Å². The largest absolute Gasteiger partial charge is 0.439 e. The van der Waals surface area contributed by atoms with Crippen LogP contribution in [0.1, 0.15) is 0 Å². The van der Waals surface area contributed by atoms with Gasteiger partial charge in [0.1, 0.15) is 5.69 Å². The first-order valence-electron chi connectivity index (χ1n) is 6.52. The second-order valence-corrected chi connectivity index (χ2v) is 5.79. The molecule has 0 spiro atoms. The van der Waals surface area contributed by atoms with E-state index in [9.17, 15) is 14.4 Å². The Morgan fingerprint density at radius 1 is 1.04 bits per heavy atom. The van der Waals surface area contributed by atoms with Crippen LogP contribution >= 0.6 is 23.2 Å². The van der Waals surface area contributed by atoms with Crippen molar-refractivity contribution in [1.29, 1.82) is 0 Å². The van der Waals surface area contributed by atoms with Gasteiger partial charge in [-0.2, -0.15) is 0 Å². The molecular formula is C14H11Cl2N4O3+. The molecule has 0 amide bonds. The molecule has 2 aromatic heterocycles. The van der Waals surface area contributed by atoms with Crippen LogP contribution in [0, 0.1) is 0 Å². The van der Waals surface area contributed by atoms with Crippen molar-refractivity contribution in [2.24, 2.45) is 14.1 Å². The molecule has 2 heterocycles. The molecule has 0 aliphatic rings. The molecule has 0 saturated carbocycles. The summed E-state index contributed by atoms with van der Waals surface area (Å²) in [7, 11) is 2.81. The number of hydrogen-bond donors (Lipinski definition) is 1. The van der Waals surface area contributed by atoms with Gasteiger partial charge in [-0.05, 0) is 12.1 Å². The fourth-order valence-electron chi connectivity index (χ4n) is 2.45. The number of halogens is 2. The Bertz CT molecular complexity index is 1110. The van der Waals surface area contributed by atoms with Gasteiger partial charge in [0.05, 0.1) is 22.7 Å². The van der Waals surface area contributed by atoms with E-state index in [1.807, 2.05) is 0 Å². The normalized spacial score (nSPS) is 11.1. The van der Waals surface area contributed by atoms with Gasteiger partial charge in [0.15, 0.2) is 5.39 Å². The van der Waals surface area contributed by atoms with Crippen LogP contribution in [0.2, 0.25) is 10.0 Å². The van der Waals surface area contributed by atoms with Crippen molar-refractivity contribution in [3.63, 3.8) is 0 Å². The Morgan fingerprint density at radius 3 is 2.26 bits per heavy atom. The Hall–Kier alpha value is -2.38. The maximum atomic E-state index is 12.6. The molecule has 3 aromatic rings. The number of hydrogen-bond acceptors (Lipinski definition) is 3. The van der Waals surface area contributed by atoms with E-state index >= 15 is 0 Å². The second kappa shape index (κ2) is 5.36. The predicted molar refractivity (Wildman–Crippen MR) is 87.1 cm³/mol. The maximum absolute atomic E-state index is 12.6. The first kappa shape index (κ1) is 15.5. The van der Waals surface area contributed by atoms with Crippen LogP contribution in [0.4, 0.5) is 0 Å². The quantitative estimate of drug-likeness (QED) is 0.698. The zero-order valence-electron chi connectivity index (χ0n) is 12.1. The smallest absolute Gasteiger partial charge is 0.268 e. The van der Waals surface area contributed by atoms with Crippen LogP contribution in [-0.2, 0) is 14.1 Å². The molecule has 1 aromatic carbocycles. The predicted octanol–water partition coefficient (Wildman–Crippen LogP) is 0.713. The summed E-state index contributed by atoms with van der Waals surface area (Å²) >= 11 is 12.4. The summed E-state index contributed by atoms with van der Waals surface area (Å²) < 4.78 is 2.13. The molecule has 0 aliphatic heterocycles. The zero-order valence-corrected chi connectivity index (χ0v) is 13.6. The Labute approximate surface area is 138 Å². The van der Waals surface area contributed by atoms with Crippen molar-refractivity contribution in [2.45, 2.75) is 0 Å². The molecule has 23 heavy (non-hydrogen) atoms. The highest BCUT2D eigenvalue weighted by molar-refractivity contribution is 6.39. The van der Waals surface area contributed by atoms with Crippen molar-refractivity contribution >= 4 is 34.2 Å². The van der Waals surface area contributed by atoms with Crippen molar-refractivity contribution in [3.05, 3.63) is 59.6 Å². The van der Waals surface area contributed by atoms with E-state index in [0.717, 1.165) is 4.57 Å². The number of aromatic nitrogens is 4. The van der Waals surface area contributed by atoms with Crippen LogP contribution < -0.4 is 21.9 Å². The molecule has 0 radical (unpaired) electrons. The fourth-order valence-corrected chi connectivity index (χ4v) is 3.04. The minimum Gasteiger partial charge on any atom is -0.268 e. The van der Waals surface area contributed by atoms with Crippen molar-refractivity contribution in [1.82, 2.24) is 14.1 Å². The number of nitrogens with zero attached hydrogens (tertiary/aromatic N) is 2. The molecule has 0 unspecified atom stereocenters. The van der Waals surface area contributed by atoms with E-state index in [4.69, 9.17) is 23.2 Å². The maximum Gasteiger partial charge on any atom is 0.439 e. The van der Waals surface area contributed by atoms with Gasteiger partial charge in [-0.3, -0.25) is 4.79 Å². The average Bonchev–Trinajstić information content (AvgIpc) is 2.50. The minimum atomic E-state index is -0.591. The SMILES string of the molecule is Cn1c(=O)c2c(-c3c(Cl)cccc3Cl)[nH]c(=O)[nH+]c2n(C)c1=O. The number of rotatable bonds is 1. The lowest BCUT2D eigenvalue weighted by Crippen LogP contribution is -2.43. The lowest BCUT2D eigenvalue weighted by Gasteiger charge is -2.08. The van der Waals surface area contributed by atoms with Gasteiger partial charge in [-0.25, -0.2) is 28.7 Å². The fraction of sp³-hybridized carbons (Fsp3) is 0.143. The van der Waals surface area contributed by atoms with Crippen LogP contribution in [0.25, 0.3) is 22.3 Å². The van der Waals surface area contributed by atoms with Crippen molar-refractivity contribution in [3.8, 4) is 11.3 Å². The first-order chi connectivity index (χ1) is 10.8. The van der Waals surface area contributed by atoms with Crippen LogP contribution in [-0.4, -0.2) is 14.1 Å². The summed E-state index contributed by atoms with van der Waals surface area (Å²) in [5, 5.41) is 0.664. The van der Waals surface area contributed by atoms with Gasteiger partial charge >= 0.3 is 11.4 Å². The van der Waals surface area contributed by atoms with E-state index in [-0.39, 0.29) is 26.8 Å². The van der Waals surface area contributed by atoms with Gasteiger partial charge in [0.2, 0.25) is 5.65 Å². The summed E-state index contributed by atoms with van der Waals surface area (Å²) in [6.45, 7) is 0. The van der Waals surface area contributed by atoms with Gasteiger partial charge in [-0.15, -0.1) is 0 Å². The molecule has 9 heteroatoms. The Balaban J connectivity index is 2.66. The molecule has 2 N–H and O–H groups in total. The Kier molecular flexibility index (Phi) is 3.62.